The van der Waals surface area contributed by atoms with E-state index in [0.29, 0.717) is 29.6 Å². The average molecular weight is 297 g/mol. The van der Waals surface area contributed by atoms with E-state index in [4.69, 9.17) is 10.2 Å². The van der Waals surface area contributed by atoms with Gasteiger partial charge in [0.15, 0.2) is 5.96 Å². The second kappa shape index (κ2) is 6.69. The lowest BCUT2D eigenvalue weighted by molar-refractivity contribution is 0.0599. The summed E-state index contributed by atoms with van der Waals surface area (Å²) in [4.78, 5) is 17.9. The molecule has 1 aliphatic rings. The number of nitrogens with zero attached hydrogens (tertiary/aromatic N) is 2. The number of nitrogens with two attached hydrogens (primary N) is 1. The Labute approximate surface area is 122 Å². The van der Waals surface area contributed by atoms with Crippen LogP contribution in [0, 0.1) is 6.92 Å². The van der Waals surface area contributed by atoms with Gasteiger partial charge < -0.3 is 19.8 Å². The third-order valence-electron chi connectivity index (χ3n) is 3.11. The summed E-state index contributed by atoms with van der Waals surface area (Å²) in [6, 6.07) is 1.66. The third-order valence-corrected chi connectivity index (χ3v) is 4.05. The summed E-state index contributed by atoms with van der Waals surface area (Å²) in [5, 5.41) is 0. The number of furan rings is 1. The summed E-state index contributed by atoms with van der Waals surface area (Å²) in [6.45, 7) is 3.90. The molecular weight excluding hydrogens is 278 g/mol. The second-order valence-electron chi connectivity index (χ2n) is 4.45. The van der Waals surface area contributed by atoms with E-state index >= 15 is 0 Å². The Balaban J connectivity index is 2.01. The molecule has 1 saturated heterocycles. The predicted octanol–water partition coefficient (Wildman–Crippen LogP) is 1.24. The molecule has 2 N–H and O–H groups in total. The van der Waals surface area contributed by atoms with Crippen molar-refractivity contribution in [2.45, 2.75) is 13.5 Å². The minimum atomic E-state index is -0.400. The minimum Gasteiger partial charge on any atom is -0.465 e. The number of esters is 1. The molecule has 0 radical (unpaired) electrons. The highest BCUT2D eigenvalue weighted by atomic mass is 32.2. The first-order valence-electron chi connectivity index (χ1n) is 6.42. The van der Waals surface area contributed by atoms with Crippen LogP contribution in [0.5, 0.6) is 0 Å². The number of ether oxygens (including phenoxy) is 1. The Morgan fingerprint density at radius 1 is 1.55 bits per heavy atom. The van der Waals surface area contributed by atoms with Gasteiger partial charge in [-0.05, 0) is 13.0 Å². The molecule has 1 aromatic heterocycles. The van der Waals surface area contributed by atoms with Crippen LogP contribution >= 0.6 is 11.8 Å². The van der Waals surface area contributed by atoms with Crippen molar-refractivity contribution in [2.24, 2.45) is 10.7 Å². The Bertz CT molecular complexity index is 507. The van der Waals surface area contributed by atoms with Crippen molar-refractivity contribution in [1.82, 2.24) is 4.90 Å². The van der Waals surface area contributed by atoms with Crippen molar-refractivity contribution >= 4 is 23.7 Å². The van der Waals surface area contributed by atoms with Gasteiger partial charge in [0.25, 0.3) is 0 Å². The molecule has 1 aromatic rings. The number of hydrogen-bond acceptors (Lipinski definition) is 5. The predicted molar refractivity (Wildman–Crippen MR) is 79.0 cm³/mol. The van der Waals surface area contributed by atoms with Gasteiger partial charge in [0, 0.05) is 24.6 Å². The van der Waals surface area contributed by atoms with Crippen LogP contribution < -0.4 is 5.73 Å². The van der Waals surface area contributed by atoms with E-state index in [0.717, 1.165) is 24.6 Å². The second-order valence-corrected chi connectivity index (χ2v) is 5.67. The van der Waals surface area contributed by atoms with Crippen molar-refractivity contribution in [3.05, 3.63) is 23.2 Å². The summed E-state index contributed by atoms with van der Waals surface area (Å²) < 4.78 is 10.2. The van der Waals surface area contributed by atoms with Gasteiger partial charge >= 0.3 is 5.97 Å². The van der Waals surface area contributed by atoms with E-state index in [2.05, 4.69) is 14.6 Å². The molecule has 0 unspecified atom stereocenters. The fourth-order valence-electron chi connectivity index (χ4n) is 1.99. The highest BCUT2D eigenvalue weighted by molar-refractivity contribution is 7.99. The van der Waals surface area contributed by atoms with Crippen LogP contribution in [0.25, 0.3) is 0 Å². The van der Waals surface area contributed by atoms with Crippen LogP contribution in [-0.2, 0) is 11.3 Å². The molecule has 20 heavy (non-hydrogen) atoms. The standard InChI is InChI=1S/C13H19N3O3S/c1-9-11(12(17)18-2)7-10(19-9)8-15-13(14)16-3-5-20-6-4-16/h7H,3-6,8H2,1-2H3,(H2,14,15). The first-order chi connectivity index (χ1) is 9.61. The van der Waals surface area contributed by atoms with Crippen LogP contribution in [0.3, 0.4) is 0 Å². The number of rotatable bonds is 3. The Morgan fingerprint density at radius 3 is 2.90 bits per heavy atom. The number of guanidine groups is 1. The monoisotopic (exact) mass is 297 g/mol. The van der Waals surface area contributed by atoms with E-state index in [9.17, 15) is 4.79 Å². The van der Waals surface area contributed by atoms with Gasteiger partial charge in [0.1, 0.15) is 23.6 Å². The molecule has 0 atom stereocenters. The van der Waals surface area contributed by atoms with Crippen molar-refractivity contribution in [3.63, 3.8) is 0 Å². The molecule has 2 rings (SSSR count). The topological polar surface area (TPSA) is 81.1 Å². The summed E-state index contributed by atoms with van der Waals surface area (Å²) in [6.07, 6.45) is 0. The molecule has 0 bridgehead atoms. The molecule has 0 spiro atoms. The van der Waals surface area contributed by atoms with Gasteiger partial charge in [0.2, 0.25) is 0 Å². The maximum atomic E-state index is 11.5. The van der Waals surface area contributed by atoms with Gasteiger partial charge in [-0.3, -0.25) is 0 Å². The fraction of sp³-hybridized carbons (Fsp3) is 0.538. The van der Waals surface area contributed by atoms with E-state index in [-0.39, 0.29) is 0 Å². The molecule has 0 aliphatic carbocycles. The summed E-state index contributed by atoms with van der Waals surface area (Å²) >= 11 is 1.92. The van der Waals surface area contributed by atoms with Crippen molar-refractivity contribution in [1.29, 1.82) is 0 Å². The van der Waals surface area contributed by atoms with Gasteiger partial charge in [-0.1, -0.05) is 0 Å². The Morgan fingerprint density at radius 2 is 2.25 bits per heavy atom. The molecule has 6 nitrogen and oxygen atoms in total. The van der Waals surface area contributed by atoms with Gasteiger partial charge in [-0.25, -0.2) is 9.79 Å². The van der Waals surface area contributed by atoms with Crippen molar-refractivity contribution in [3.8, 4) is 0 Å². The van der Waals surface area contributed by atoms with E-state index in [1.54, 1.807) is 13.0 Å². The largest absolute Gasteiger partial charge is 0.465 e. The molecule has 2 heterocycles. The number of aryl methyl sites for hydroxylation is 1. The Hall–Kier alpha value is -1.63. The summed E-state index contributed by atoms with van der Waals surface area (Å²) in [5.41, 5.74) is 6.40. The quantitative estimate of drug-likeness (QED) is 0.513. The zero-order chi connectivity index (χ0) is 14.5. The highest BCUT2D eigenvalue weighted by Crippen LogP contribution is 2.16. The van der Waals surface area contributed by atoms with Crippen LogP contribution in [0.2, 0.25) is 0 Å². The SMILES string of the molecule is COC(=O)c1cc(CN=C(N)N2CCSCC2)oc1C. The zero-order valence-electron chi connectivity index (χ0n) is 11.7. The van der Waals surface area contributed by atoms with Crippen molar-refractivity contribution < 1.29 is 13.9 Å². The van der Waals surface area contributed by atoms with E-state index in [1.165, 1.54) is 7.11 Å². The third kappa shape index (κ3) is 3.47. The number of carbonyl (C=O) groups is 1. The number of methoxy groups -OCH3 is 1. The number of aliphatic imine (C=N–C) groups is 1. The summed E-state index contributed by atoms with van der Waals surface area (Å²) in [5.74, 6) is 3.42. The molecule has 0 saturated carbocycles. The smallest absolute Gasteiger partial charge is 0.341 e. The number of hydrogen-bond donors (Lipinski definition) is 1. The first kappa shape index (κ1) is 14.8. The fourth-order valence-corrected chi connectivity index (χ4v) is 2.89. The van der Waals surface area contributed by atoms with Crippen LogP contribution in [0.1, 0.15) is 21.9 Å². The van der Waals surface area contributed by atoms with Gasteiger partial charge in [0.05, 0.1) is 7.11 Å². The lowest BCUT2D eigenvalue weighted by atomic mass is 10.2. The molecule has 0 aromatic carbocycles. The lowest BCUT2D eigenvalue weighted by Crippen LogP contribution is -2.42. The molecule has 7 heteroatoms. The Kier molecular flexibility index (Phi) is 4.94. The normalized spacial score (nSPS) is 16.3. The van der Waals surface area contributed by atoms with Gasteiger partial charge in [-0.2, -0.15) is 11.8 Å². The lowest BCUT2D eigenvalue weighted by Gasteiger charge is -2.27. The zero-order valence-corrected chi connectivity index (χ0v) is 12.5. The number of carbonyl (C=O) groups excluding carboxylic acids is 1. The van der Waals surface area contributed by atoms with Gasteiger partial charge in [-0.15, -0.1) is 0 Å². The average Bonchev–Trinajstić information content (AvgIpc) is 2.86. The highest BCUT2D eigenvalue weighted by Gasteiger charge is 2.16. The van der Waals surface area contributed by atoms with Crippen LogP contribution in [-0.4, -0.2) is 48.5 Å². The minimum absolute atomic E-state index is 0.327. The van der Waals surface area contributed by atoms with Crippen molar-refractivity contribution in [2.75, 3.05) is 31.7 Å². The van der Waals surface area contributed by atoms with Crippen LogP contribution in [0.4, 0.5) is 0 Å². The molecule has 1 fully saturated rings. The summed E-state index contributed by atoms with van der Waals surface area (Å²) in [7, 11) is 1.35. The molecular formula is C13H19N3O3S. The molecule has 0 amide bonds. The maximum absolute atomic E-state index is 11.5. The van der Waals surface area contributed by atoms with Crippen LogP contribution in [0.15, 0.2) is 15.5 Å². The number of thioether (sulfide) groups is 1. The maximum Gasteiger partial charge on any atom is 0.341 e. The molecule has 110 valence electrons. The van der Waals surface area contributed by atoms with E-state index < -0.39 is 5.97 Å². The van der Waals surface area contributed by atoms with E-state index in [1.807, 2.05) is 11.8 Å². The molecule has 1 aliphatic heterocycles. The first-order valence-corrected chi connectivity index (χ1v) is 7.57.